The summed E-state index contributed by atoms with van der Waals surface area (Å²) in [5.41, 5.74) is 0. The predicted molar refractivity (Wildman–Crippen MR) is 61.2 cm³/mol. The molecular weight excluding hydrogens is 208 g/mol. The molecule has 5 heteroatoms. The normalized spacial score (nSPS) is 18.6. The van der Waals surface area contributed by atoms with Crippen molar-refractivity contribution in [3.8, 4) is 0 Å². The molecule has 0 bridgehead atoms. The van der Waals surface area contributed by atoms with Crippen molar-refractivity contribution in [1.29, 1.82) is 0 Å². The van der Waals surface area contributed by atoms with Crippen LogP contribution in [0.5, 0.6) is 0 Å². The molecule has 0 radical (unpaired) electrons. The zero-order valence-corrected chi connectivity index (χ0v) is 9.87. The van der Waals surface area contributed by atoms with Gasteiger partial charge in [0.15, 0.2) is 0 Å². The number of aliphatic hydroxyl groups is 1. The fourth-order valence-electron chi connectivity index (χ4n) is 1.99. The van der Waals surface area contributed by atoms with Crippen LogP contribution in [0.25, 0.3) is 0 Å². The van der Waals surface area contributed by atoms with E-state index in [1.54, 1.807) is 7.11 Å². The molecule has 1 saturated carbocycles. The van der Waals surface area contributed by atoms with E-state index in [0.29, 0.717) is 19.2 Å². The zero-order chi connectivity index (χ0) is 11.8. The van der Waals surface area contributed by atoms with Crippen LogP contribution in [0.4, 0.5) is 0 Å². The van der Waals surface area contributed by atoms with Gasteiger partial charge in [0.05, 0.1) is 25.8 Å². The first-order chi connectivity index (χ1) is 7.76. The molecule has 0 aromatic carbocycles. The maximum Gasteiger partial charge on any atom is 0.234 e. The maximum atomic E-state index is 11.5. The van der Waals surface area contributed by atoms with Crippen LogP contribution in [0.1, 0.15) is 25.7 Å². The Hall–Kier alpha value is -0.650. The minimum atomic E-state index is -0.303. The quantitative estimate of drug-likeness (QED) is 0.559. The lowest BCUT2D eigenvalue weighted by Gasteiger charge is -2.17. The Kier molecular flexibility index (Phi) is 6.37. The Balaban J connectivity index is 2.13. The summed E-state index contributed by atoms with van der Waals surface area (Å²) >= 11 is 0. The van der Waals surface area contributed by atoms with Crippen molar-refractivity contribution in [2.75, 3.05) is 26.9 Å². The van der Waals surface area contributed by atoms with Crippen LogP contribution in [-0.2, 0) is 9.53 Å². The summed E-state index contributed by atoms with van der Waals surface area (Å²) in [6, 6.07) is 0.184. The maximum absolute atomic E-state index is 11.5. The van der Waals surface area contributed by atoms with Crippen LogP contribution in [0.3, 0.4) is 0 Å². The van der Waals surface area contributed by atoms with Gasteiger partial charge in [0, 0.05) is 13.2 Å². The van der Waals surface area contributed by atoms with Gasteiger partial charge >= 0.3 is 0 Å². The van der Waals surface area contributed by atoms with Gasteiger partial charge in [-0.2, -0.15) is 0 Å². The molecule has 1 fully saturated rings. The Morgan fingerprint density at radius 1 is 1.50 bits per heavy atom. The lowest BCUT2D eigenvalue weighted by molar-refractivity contribution is -0.121. The Morgan fingerprint density at radius 3 is 2.75 bits per heavy atom. The third kappa shape index (κ3) is 4.92. The summed E-state index contributed by atoms with van der Waals surface area (Å²) in [4.78, 5) is 11.5. The second-order valence-electron chi connectivity index (χ2n) is 4.26. The second-order valence-corrected chi connectivity index (χ2v) is 4.26. The molecule has 94 valence electrons. The van der Waals surface area contributed by atoms with E-state index < -0.39 is 0 Å². The first-order valence-electron chi connectivity index (χ1n) is 5.88. The highest BCUT2D eigenvalue weighted by molar-refractivity contribution is 5.78. The molecule has 0 aromatic heterocycles. The van der Waals surface area contributed by atoms with E-state index in [4.69, 9.17) is 9.84 Å². The van der Waals surface area contributed by atoms with Gasteiger partial charge in [-0.05, 0) is 12.8 Å². The molecule has 1 atom stereocenters. The van der Waals surface area contributed by atoms with E-state index in [1.165, 1.54) is 12.8 Å². The molecule has 1 amide bonds. The van der Waals surface area contributed by atoms with E-state index in [-0.39, 0.29) is 18.6 Å². The van der Waals surface area contributed by atoms with Crippen molar-refractivity contribution in [2.24, 2.45) is 0 Å². The predicted octanol–water partition coefficient (Wildman–Crippen LogP) is -0.358. The smallest absolute Gasteiger partial charge is 0.234 e. The molecule has 0 aliphatic heterocycles. The van der Waals surface area contributed by atoms with E-state index in [9.17, 15) is 4.79 Å². The third-order valence-corrected chi connectivity index (χ3v) is 2.86. The number of carbonyl (C=O) groups is 1. The molecule has 1 rings (SSSR count). The number of hydrogen-bond acceptors (Lipinski definition) is 4. The van der Waals surface area contributed by atoms with Crippen LogP contribution >= 0.6 is 0 Å². The van der Waals surface area contributed by atoms with Gasteiger partial charge in [0.1, 0.15) is 0 Å². The van der Waals surface area contributed by atoms with Gasteiger partial charge in [0.2, 0.25) is 5.91 Å². The minimum Gasteiger partial charge on any atom is -0.394 e. The monoisotopic (exact) mass is 230 g/mol. The van der Waals surface area contributed by atoms with Gasteiger partial charge in [-0.1, -0.05) is 12.8 Å². The van der Waals surface area contributed by atoms with Crippen molar-refractivity contribution in [2.45, 2.75) is 37.8 Å². The summed E-state index contributed by atoms with van der Waals surface area (Å²) in [5.74, 6) is -0.0806. The topological polar surface area (TPSA) is 70.6 Å². The average molecular weight is 230 g/mol. The second kappa shape index (κ2) is 7.60. The van der Waals surface area contributed by atoms with E-state index >= 15 is 0 Å². The van der Waals surface area contributed by atoms with Crippen LogP contribution in [-0.4, -0.2) is 50.0 Å². The van der Waals surface area contributed by atoms with Gasteiger partial charge in [-0.15, -0.1) is 0 Å². The van der Waals surface area contributed by atoms with Crippen molar-refractivity contribution in [3.63, 3.8) is 0 Å². The number of ether oxygens (including phenoxy) is 1. The number of hydrogen-bond donors (Lipinski definition) is 3. The van der Waals surface area contributed by atoms with Gasteiger partial charge in [-0.25, -0.2) is 0 Å². The summed E-state index contributed by atoms with van der Waals surface area (Å²) in [6.07, 6.45) is 4.83. The highest BCUT2D eigenvalue weighted by Crippen LogP contribution is 2.17. The van der Waals surface area contributed by atoms with E-state index in [1.807, 2.05) is 0 Å². The summed E-state index contributed by atoms with van der Waals surface area (Å²) in [7, 11) is 1.55. The Bertz CT molecular complexity index is 205. The lowest BCUT2D eigenvalue weighted by atomic mass is 10.2. The molecule has 1 aliphatic rings. The molecule has 0 saturated heterocycles. The Labute approximate surface area is 96.6 Å². The fraction of sp³-hybridized carbons (Fsp3) is 0.909. The first-order valence-corrected chi connectivity index (χ1v) is 5.88. The summed E-state index contributed by atoms with van der Waals surface area (Å²) < 4.78 is 4.88. The number of nitrogens with one attached hydrogen (secondary N) is 2. The molecule has 0 heterocycles. The van der Waals surface area contributed by atoms with Crippen LogP contribution in [0.15, 0.2) is 0 Å². The highest BCUT2D eigenvalue weighted by Gasteiger charge is 2.16. The number of methoxy groups -OCH3 is 1. The van der Waals surface area contributed by atoms with Gasteiger partial charge in [0.25, 0.3) is 0 Å². The highest BCUT2D eigenvalue weighted by atomic mass is 16.5. The van der Waals surface area contributed by atoms with E-state index in [0.717, 1.165) is 12.8 Å². The average Bonchev–Trinajstić information content (AvgIpc) is 2.78. The molecule has 0 aromatic rings. The van der Waals surface area contributed by atoms with Gasteiger partial charge in [-0.3, -0.25) is 4.79 Å². The van der Waals surface area contributed by atoms with Crippen molar-refractivity contribution >= 4 is 5.91 Å². The van der Waals surface area contributed by atoms with Crippen molar-refractivity contribution in [1.82, 2.24) is 10.6 Å². The molecular formula is C11H22N2O3. The molecule has 16 heavy (non-hydrogen) atoms. The Morgan fingerprint density at radius 2 is 2.19 bits per heavy atom. The molecule has 0 spiro atoms. The lowest BCUT2D eigenvalue weighted by Crippen LogP contribution is -2.45. The first kappa shape index (κ1) is 13.4. The fourth-order valence-corrected chi connectivity index (χ4v) is 1.99. The third-order valence-electron chi connectivity index (χ3n) is 2.86. The standard InChI is InChI=1S/C11H22N2O3/c1-16-8-10(7-14)13-11(15)6-12-9-4-2-3-5-9/h9-10,12,14H,2-8H2,1H3,(H,13,15). The molecule has 1 unspecified atom stereocenters. The van der Waals surface area contributed by atoms with Crippen molar-refractivity contribution < 1.29 is 14.6 Å². The van der Waals surface area contributed by atoms with Gasteiger partial charge < -0.3 is 20.5 Å². The number of amides is 1. The van der Waals surface area contributed by atoms with Crippen molar-refractivity contribution in [3.05, 3.63) is 0 Å². The zero-order valence-electron chi connectivity index (χ0n) is 9.87. The van der Waals surface area contributed by atoms with Crippen LogP contribution in [0, 0.1) is 0 Å². The largest absolute Gasteiger partial charge is 0.394 e. The SMILES string of the molecule is COCC(CO)NC(=O)CNC1CCCC1. The van der Waals surface area contributed by atoms with Crippen LogP contribution in [0.2, 0.25) is 0 Å². The summed E-state index contributed by atoms with van der Waals surface area (Å²) in [6.45, 7) is 0.569. The minimum absolute atomic E-state index is 0.0806. The number of aliphatic hydroxyl groups excluding tert-OH is 1. The number of carbonyl (C=O) groups excluding carboxylic acids is 1. The molecule has 3 N–H and O–H groups in total. The number of rotatable bonds is 7. The summed E-state index contributed by atoms with van der Waals surface area (Å²) in [5, 5.41) is 14.9. The van der Waals surface area contributed by atoms with E-state index in [2.05, 4.69) is 10.6 Å². The molecule has 1 aliphatic carbocycles. The molecule has 5 nitrogen and oxygen atoms in total. The van der Waals surface area contributed by atoms with Crippen LogP contribution < -0.4 is 10.6 Å².